The molecule has 0 heterocycles. The fourth-order valence-electron chi connectivity index (χ4n) is 1.96. The van der Waals surface area contributed by atoms with Gasteiger partial charge in [-0.1, -0.05) is 18.2 Å². The van der Waals surface area contributed by atoms with Gasteiger partial charge in [0.1, 0.15) is 5.75 Å². The van der Waals surface area contributed by atoms with E-state index in [2.05, 4.69) is 10.1 Å². The fourth-order valence-corrected chi connectivity index (χ4v) is 1.96. The third-order valence-corrected chi connectivity index (χ3v) is 3.03. The van der Waals surface area contributed by atoms with Gasteiger partial charge in [-0.05, 0) is 35.9 Å². The maximum absolute atomic E-state index is 12.6. The van der Waals surface area contributed by atoms with E-state index in [1.54, 1.807) is 0 Å². The predicted molar refractivity (Wildman–Crippen MR) is 75.7 cm³/mol. The maximum atomic E-state index is 12.6. The highest BCUT2D eigenvalue weighted by Gasteiger charge is 2.30. The van der Waals surface area contributed by atoms with Crippen LogP contribution in [-0.2, 0) is 12.7 Å². The van der Waals surface area contributed by atoms with Crippen molar-refractivity contribution in [2.24, 2.45) is 0 Å². The zero-order chi connectivity index (χ0) is 17.7. The lowest BCUT2D eigenvalue weighted by Crippen LogP contribution is -2.23. The fraction of sp³-hybridized carbons (Fsp3) is 0.188. The van der Waals surface area contributed by atoms with Crippen molar-refractivity contribution in [2.75, 3.05) is 0 Å². The number of hydrogen-bond donors (Lipinski definition) is 1. The van der Waals surface area contributed by atoms with E-state index in [1.165, 1.54) is 30.3 Å². The highest BCUT2D eigenvalue weighted by Crippen LogP contribution is 2.29. The Morgan fingerprint density at radius 1 is 1.08 bits per heavy atom. The summed E-state index contributed by atoms with van der Waals surface area (Å²) >= 11 is 0. The minimum atomic E-state index is -4.47. The van der Waals surface area contributed by atoms with Crippen molar-refractivity contribution < 1.29 is 31.5 Å². The zero-order valence-corrected chi connectivity index (χ0v) is 12.1. The highest BCUT2D eigenvalue weighted by molar-refractivity contribution is 5.94. The number of amides is 1. The summed E-state index contributed by atoms with van der Waals surface area (Å²) in [5, 5.41) is 2.43. The van der Waals surface area contributed by atoms with Crippen LogP contribution in [0.15, 0.2) is 48.5 Å². The first-order chi connectivity index (χ1) is 11.3. The van der Waals surface area contributed by atoms with Crippen LogP contribution in [0.1, 0.15) is 21.5 Å². The molecule has 0 saturated carbocycles. The second-order valence-electron chi connectivity index (χ2n) is 4.79. The summed E-state index contributed by atoms with van der Waals surface area (Å²) in [5.41, 5.74) is -0.500. The molecular formula is C16H12F5NO2. The number of benzene rings is 2. The van der Waals surface area contributed by atoms with Crippen LogP contribution in [0.4, 0.5) is 22.0 Å². The minimum absolute atomic E-state index is 0.0557. The van der Waals surface area contributed by atoms with Gasteiger partial charge in [-0.15, -0.1) is 0 Å². The molecular weight excluding hydrogens is 333 g/mol. The second-order valence-corrected chi connectivity index (χ2v) is 4.79. The normalized spacial score (nSPS) is 11.4. The average molecular weight is 345 g/mol. The Bertz CT molecular complexity index is 716. The van der Waals surface area contributed by atoms with Gasteiger partial charge in [-0.2, -0.15) is 22.0 Å². The molecule has 0 spiro atoms. The number of hydrogen-bond acceptors (Lipinski definition) is 2. The van der Waals surface area contributed by atoms with Crippen LogP contribution in [0.25, 0.3) is 0 Å². The molecule has 128 valence electrons. The Balaban J connectivity index is 2.03. The maximum Gasteiger partial charge on any atom is 0.416 e. The molecule has 0 radical (unpaired) electrons. The molecule has 0 aliphatic rings. The molecule has 0 saturated heterocycles. The van der Waals surface area contributed by atoms with E-state index in [4.69, 9.17) is 0 Å². The summed E-state index contributed by atoms with van der Waals surface area (Å²) in [5.74, 6) is -0.802. The molecule has 1 N–H and O–H groups in total. The van der Waals surface area contributed by atoms with Crippen molar-refractivity contribution in [1.29, 1.82) is 0 Å². The number of alkyl halides is 5. The van der Waals surface area contributed by atoms with E-state index in [0.29, 0.717) is 0 Å². The number of carbonyl (C=O) groups excluding carboxylic acids is 1. The Kier molecular flexibility index (Phi) is 5.38. The molecule has 8 heteroatoms. The Morgan fingerprint density at radius 3 is 2.46 bits per heavy atom. The third-order valence-electron chi connectivity index (χ3n) is 3.03. The van der Waals surface area contributed by atoms with Gasteiger partial charge in [0.15, 0.2) is 0 Å². The lowest BCUT2D eigenvalue weighted by Gasteiger charge is -2.10. The van der Waals surface area contributed by atoms with Crippen molar-refractivity contribution >= 4 is 5.91 Å². The summed E-state index contributed by atoms with van der Waals surface area (Å²) < 4.78 is 66.3. The number of nitrogens with one attached hydrogen (secondary N) is 1. The molecule has 1 amide bonds. The molecule has 2 rings (SSSR count). The SMILES string of the molecule is O=C(NCc1cccc(C(F)(F)F)c1)c1cccc(OC(F)F)c1. The van der Waals surface area contributed by atoms with Crippen LogP contribution in [0.3, 0.4) is 0 Å². The number of halogens is 5. The molecule has 3 nitrogen and oxygen atoms in total. The van der Waals surface area contributed by atoms with Crippen LogP contribution in [0, 0.1) is 0 Å². The van der Waals surface area contributed by atoms with Gasteiger partial charge in [0.25, 0.3) is 5.91 Å². The van der Waals surface area contributed by atoms with Crippen molar-refractivity contribution in [2.45, 2.75) is 19.3 Å². The number of carbonyl (C=O) groups is 1. The van der Waals surface area contributed by atoms with Gasteiger partial charge in [0.05, 0.1) is 5.56 Å². The molecule has 2 aromatic carbocycles. The average Bonchev–Trinajstić information content (AvgIpc) is 2.51. The van der Waals surface area contributed by atoms with Gasteiger partial charge in [0.2, 0.25) is 0 Å². The van der Waals surface area contributed by atoms with Crippen LogP contribution in [-0.4, -0.2) is 12.5 Å². The summed E-state index contributed by atoms with van der Waals surface area (Å²) in [6, 6.07) is 9.64. The van der Waals surface area contributed by atoms with E-state index in [9.17, 15) is 26.7 Å². The summed E-state index contributed by atoms with van der Waals surface area (Å²) in [7, 11) is 0. The Labute approximate surface area is 134 Å². The summed E-state index contributed by atoms with van der Waals surface area (Å²) in [4.78, 5) is 12.0. The number of ether oxygens (including phenoxy) is 1. The van der Waals surface area contributed by atoms with Crippen molar-refractivity contribution in [3.05, 3.63) is 65.2 Å². The largest absolute Gasteiger partial charge is 0.435 e. The van der Waals surface area contributed by atoms with Crippen LogP contribution in [0.2, 0.25) is 0 Å². The first-order valence-electron chi connectivity index (χ1n) is 6.75. The van der Waals surface area contributed by atoms with Gasteiger partial charge < -0.3 is 10.1 Å². The molecule has 0 atom stereocenters. The lowest BCUT2D eigenvalue weighted by atomic mass is 10.1. The van der Waals surface area contributed by atoms with Gasteiger partial charge in [0, 0.05) is 12.1 Å². The van der Waals surface area contributed by atoms with Crippen molar-refractivity contribution in [3.63, 3.8) is 0 Å². The van der Waals surface area contributed by atoms with E-state index in [0.717, 1.165) is 18.2 Å². The first-order valence-corrected chi connectivity index (χ1v) is 6.75. The Morgan fingerprint density at radius 2 is 1.79 bits per heavy atom. The highest BCUT2D eigenvalue weighted by atomic mass is 19.4. The quantitative estimate of drug-likeness (QED) is 0.824. The topological polar surface area (TPSA) is 38.3 Å². The minimum Gasteiger partial charge on any atom is -0.435 e. The lowest BCUT2D eigenvalue weighted by molar-refractivity contribution is -0.137. The van der Waals surface area contributed by atoms with Crippen molar-refractivity contribution in [1.82, 2.24) is 5.32 Å². The molecule has 0 bridgehead atoms. The summed E-state index contributed by atoms with van der Waals surface area (Å²) in [6.07, 6.45) is -4.47. The van der Waals surface area contributed by atoms with Crippen LogP contribution < -0.4 is 10.1 Å². The van der Waals surface area contributed by atoms with Gasteiger partial charge in [-0.3, -0.25) is 4.79 Å². The molecule has 0 aliphatic carbocycles. The molecule has 0 aliphatic heterocycles. The molecule has 0 fully saturated rings. The third kappa shape index (κ3) is 4.94. The monoisotopic (exact) mass is 345 g/mol. The molecule has 2 aromatic rings. The molecule has 0 aromatic heterocycles. The second kappa shape index (κ2) is 7.29. The zero-order valence-electron chi connectivity index (χ0n) is 12.1. The van der Waals surface area contributed by atoms with Gasteiger partial charge in [-0.25, -0.2) is 0 Å². The van der Waals surface area contributed by atoms with Crippen molar-refractivity contribution in [3.8, 4) is 5.75 Å². The van der Waals surface area contributed by atoms with Crippen LogP contribution >= 0.6 is 0 Å². The standard InChI is InChI=1S/C16H12F5NO2/c17-15(18)24-13-6-2-4-11(8-13)14(23)22-9-10-3-1-5-12(7-10)16(19,20)21/h1-8,15H,9H2,(H,22,23). The van der Waals surface area contributed by atoms with E-state index >= 15 is 0 Å². The van der Waals surface area contributed by atoms with E-state index in [-0.39, 0.29) is 23.4 Å². The van der Waals surface area contributed by atoms with E-state index < -0.39 is 24.3 Å². The summed E-state index contributed by atoms with van der Waals surface area (Å²) in [6.45, 7) is -3.16. The molecule has 0 unspecified atom stereocenters. The van der Waals surface area contributed by atoms with E-state index in [1.807, 2.05) is 0 Å². The van der Waals surface area contributed by atoms with Gasteiger partial charge >= 0.3 is 12.8 Å². The Hall–Kier alpha value is -2.64. The van der Waals surface area contributed by atoms with Crippen LogP contribution in [0.5, 0.6) is 5.75 Å². The first kappa shape index (κ1) is 17.7. The molecule has 24 heavy (non-hydrogen) atoms. The smallest absolute Gasteiger partial charge is 0.416 e. The predicted octanol–water partition coefficient (Wildman–Crippen LogP) is 4.24. The number of rotatable bonds is 5.